The Labute approximate surface area is 252 Å². The molecular weight excluding hydrogens is 746 g/mol. The van der Waals surface area contributed by atoms with E-state index in [1.165, 1.54) is 19.2 Å². The number of carbonyl (C=O) groups excluding carboxylic acids is 2. The maximum atomic E-state index is 14.9. The van der Waals surface area contributed by atoms with Gasteiger partial charge in [0.2, 0.25) is 0 Å². The number of anilines is 2. The lowest BCUT2D eigenvalue weighted by molar-refractivity contribution is -0.389. The molecule has 3 aromatic carbocycles. The van der Waals surface area contributed by atoms with E-state index < -0.39 is 79.8 Å². The summed E-state index contributed by atoms with van der Waals surface area (Å²) in [6.07, 6.45) is -20.0. The Morgan fingerprint density at radius 1 is 0.750 bits per heavy atom. The first-order valence-corrected chi connectivity index (χ1v) is 12.6. The van der Waals surface area contributed by atoms with E-state index in [1.807, 2.05) is 0 Å². The van der Waals surface area contributed by atoms with Crippen molar-refractivity contribution in [2.75, 3.05) is 17.3 Å². The second-order valence-electron chi connectivity index (χ2n) is 8.98. The van der Waals surface area contributed by atoms with Gasteiger partial charge in [0.15, 0.2) is 0 Å². The van der Waals surface area contributed by atoms with Crippen LogP contribution in [0.4, 0.5) is 68.5 Å². The van der Waals surface area contributed by atoms with Crippen LogP contribution >= 0.6 is 22.6 Å². The third-order valence-electron chi connectivity index (χ3n) is 6.10. The van der Waals surface area contributed by atoms with Crippen LogP contribution < -0.4 is 10.2 Å². The highest BCUT2D eigenvalue weighted by atomic mass is 127. The summed E-state index contributed by atoms with van der Waals surface area (Å²) in [6.45, 7) is 0. The molecular formula is C26H14F13IN2O2. The highest BCUT2D eigenvalue weighted by Gasteiger charge is 2.82. The first-order chi connectivity index (χ1) is 19.9. The number of alkyl halides is 12. The number of halogens is 14. The van der Waals surface area contributed by atoms with E-state index in [4.69, 9.17) is 0 Å². The summed E-state index contributed by atoms with van der Waals surface area (Å²) in [5.74, 6) is -9.98. The molecule has 4 nitrogen and oxygen atoms in total. The smallest absolute Gasteiger partial charge is 0.320 e. The molecule has 0 bridgehead atoms. The van der Waals surface area contributed by atoms with Crippen LogP contribution in [0.2, 0.25) is 0 Å². The fourth-order valence-corrected chi connectivity index (χ4v) is 4.58. The molecule has 1 unspecified atom stereocenters. The van der Waals surface area contributed by atoms with Gasteiger partial charge in [0.25, 0.3) is 11.8 Å². The number of rotatable bonds is 6. The van der Waals surface area contributed by atoms with Crippen molar-refractivity contribution in [2.45, 2.75) is 30.1 Å². The van der Waals surface area contributed by atoms with Crippen LogP contribution in [0.3, 0.4) is 0 Å². The van der Waals surface area contributed by atoms with Crippen molar-refractivity contribution in [2.24, 2.45) is 0 Å². The van der Waals surface area contributed by atoms with Crippen molar-refractivity contribution >= 4 is 45.8 Å². The summed E-state index contributed by atoms with van der Waals surface area (Å²) in [5.41, 5.74) is -13.6. The molecule has 1 N–H and O–H groups in total. The number of hydrogen-bond donors (Lipinski definition) is 1. The van der Waals surface area contributed by atoms with Gasteiger partial charge in [-0.25, -0.2) is 8.78 Å². The Balaban J connectivity index is 2.07. The molecule has 0 aliphatic carbocycles. The molecule has 0 spiro atoms. The van der Waals surface area contributed by atoms with E-state index >= 15 is 0 Å². The Bertz CT molecular complexity index is 1570. The number of benzene rings is 3. The van der Waals surface area contributed by atoms with Crippen molar-refractivity contribution in [3.05, 3.63) is 92.3 Å². The quantitative estimate of drug-likeness (QED) is 0.202. The molecule has 3 aromatic rings. The van der Waals surface area contributed by atoms with E-state index in [9.17, 15) is 66.7 Å². The maximum absolute atomic E-state index is 14.9. The largest absolute Gasteiger partial charge is 0.457 e. The van der Waals surface area contributed by atoms with Crippen LogP contribution in [0.1, 0.15) is 31.8 Å². The maximum Gasteiger partial charge on any atom is 0.457 e. The van der Waals surface area contributed by atoms with Gasteiger partial charge >= 0.3 is 30.1 Å². The topological polar surface area (TPSA) is 49.4 Å². The Kier molecular flexibility index (Phi) is 9.31. The summed E-state index contributed by atoms with van der Waals surface area (Å²) in [4.78, 5) is 26.5. The van der Waals surface area contributed by atoms with Gasteiger partial charge in [-0.3, -0.25) is 9.59 Å². The minimum absolute atomic E-state index is 0.00659. The van der Waals surface area contributed by atoms with Crippen LogP contribution in [-0.4, -0.2) is 37.1 Å². The minimum Gasteiger partial charge on any atom is -0.320 e. The van der Waals surface area contributed by atoms with E-state index in [0.717, 1.165) is 63.9 Å². The van der Waals surface area contributed by atoms with Crippen molar-refractivity contribution in [3.8, 4) is 0 Å². The lowest BCUT2D eigenvalue weighted by atomic mass is 9.86. The highest BCUT2D eigenvalue weighted by Crippen LogP contribution is 2.59. The predicted molar refractivity (Wildman–Crippen MR) is 138 cm³/mol. The standard InChI is InChI=1S/C26H14F13IN2O2/c1-42(21(44)12-5-7-15(27)8-6-12)16-4-2-3-13(9-16)20(43)41-19-17(23(29,30)31)10-14(11-18(19)40)22(28,25(34,35)36)24(32,33)26(37,38)39/h2-11H,1H3,(H,41,43). The van der Waals surface area contributed by atoms with Crippen molar-refractivity contribution < 1.29 is 66.7 Å². The Morgan fingerprint density at radius 3 is 1.82 bits per heavy atom. The number of nitrogens with one attached hydrogen (secondary N) is 1. The zero-order chi connectivity index (χ0) is 33.6. The monoisotopic (exact) mass is 760 g/mol. The van der Waals surface area contributed by atoms with Crippen LogP contribution in [-0.2, 0) is 11.8 Å². The molecule has 0 heterocycles. The number of nitrogens with zero attached hydrogens (tertiary/aromatic N) is 1. The lowest BCUT2D eigenvalue weighted by Crippen LogP contribution is -2.59. The molecule has 0 radical (unpaired) electrons. The Hall–Kier alpha value is -3.58. The van der Waals surface area contributed by atoms with Gasteiger partial charge < -0.3 is 10.2 Å². The predicted octanol–water partition coefficient (Wildman–Crippen LogP) is 8.90. The van der Waals surface area contributed by atoms with Gasteiger partial charge in [0.1, 0.15) is 5.82 Å². The fourth-order valence-electron chi connectivity index (χ4n) is 3.82. The van der Waals surface area contributed by atoms with Gasteiger partial charge in [-0.05, 0) is 77.2 Å². The van der Waals surface area contributed by atoms with Crippen molar-refractivity contribution in [1.29, 1.82) is 0 Å². The molecule has 3 rings (SSSR count). The summed E-state index contributed by atoms with van der Waals surface area (Å²) >= 11 is 0.802. The van der Waals surface area contributed by atoms with E-state index in [-0.39, 0.29) is 17.3 Å². The van der Waals surface area contributed by atoms with Crippen LogP contribution in [0.5, 0.6) is 0 Å². The van der Waals surface area contributed by atoms with Gasteiger partial charge in [0.05, 0.1) is 11.3 Å². The van der Waals surface area contributed by atoms with Crippen LogP contribution in [0.25, 0.3) is 0 Å². The summed E-state index contributed by atoms with van der Waals surface area (Å²) < 4.78 is 175. The van der Waals surface area contributed by atoms with Crippen LogP contribution in [0.15, 0.2) is 60.7 Å². The molecule has 0 fully saturated rings. The average Bonchev–Trinajstić information content (AvgIpc) is 2.91. The normalized spacial score (nSPS) is 14.2. The third kappa shape index (κ3) is 6.44. The molecule has 1 atom stereocenters. The Morgan fingerprint density at radius 2 is 1.32 bits per heavy atom. The van der Waals surface area contributed by atoms with Crippen LogP contribution in [0, 0.1) is 9.39 Å². The SMILES string of the molecule is CN(C(=O)c1ccc(F)cc1)c1cccc(C(=O)Nc2c(I)cc(C(F)(C(F)(F)F)C(F)(F)C(F)(F)F)cc2C(F)(F)F)c1. The van der Waals surface area contributed by atoms with E-state index in [2.05, 4.69) is 0 Å². The second kappa shape index (κ2) is 11.7. The van der Waals surface area contributed by atoms with Crippen molar-refractivity contribution in [1.82, 2.24) is 0 Å². The number of hydrogen-bond acceptors (Lipinski definition) is 2. The zero-order valence-corrected chi connectivity index (χ0v) is 23.5. The second-order valence-corrected chi connectivity index (χ2v) is 10.1. The summed E-state index contributed by atoms with van der Waals surface area (Å²) in [7, 11) is 1.23. The van der Waals surface area contributed by atoms with Gasteiger partial charge in [-0.1, -0.05) is 6.07 Å². The molecule has 0 aromatic heterocycles. The minimum atomic E-state index is -7.23. The first kappa shape index (κ1) is 34.9. The van der Waals surface area contributed by atoms with E-state index in [0.29, 0.717) is 0 Å². The van der Waals surface area contributed by atoms with Gasteiger partial charge in [0, 0.05) is 33.0 Å². The fraction of sp³-hybridized carbons (Fsp3) is 0.231. The molecule has 0 saturated heterocycles. The molecule has 2 amide bonds. The lowest BCUT2D eigenvalue weighted by Gasteiger charge is -2.36. The number of carbonyl (C=O) groups is 2. The highest BCUT2D eigenvalue weighted by molar-refractivity contribution is 14.1. The molecule has 18 heteroatoms. The summed E-state index contributed by atoms with van der Waals surface area (Å²) in [5, 5.41) is 1.70. The molecule has 0 aliphatic heterocycles. The first-order valence-electron chi connectivity index (χ1n) is 11.5. The molecule has 44 heavy (non-hydrogen) atoms. The molecule has 0 aliphatic rings. The van der Waals surface area contributed by atoms with Crippen molar-refractivity contribution in [3.63, 3.8) is 0 Å². The number of amides is 2. The van der Waals surface area contributed by atoms with E-state index in [1.54, 1.807) is 5.32 Å². The summed E-state index contributed by atoms with van der Waals surface area (Å²) in [6, 6.07) is 7.53. The van der Waals surface area contributed by atoms with Gasteiger partial charge in [-0.15, -0.1) is 0 Å². The third-order valence-corrected chi connectivity index (χ3v) is 6.95. The molecule has 238 valence electrons. The average molecular weight is 760 g/mol. The molecule has 0 saturated carbocycles. The van der Waals surface area contributed by atoms with Gasteiger partial charge in [-0.2, -0.15) is 48.3 Å². The zero-order valence-electron chi connectivity index (χ0n) is 21.3.